The number of anilines is 1. The molecule has 0 heterocycles. The smallest absolute Gasteiger partial charge is 0.264 e. The van der Waals surface area contributed by atoms with Crippen molar-refractivity contribution >= 4 is 50.7 Å². The van der Waals surface area contributed by atoms with Gasteiger partial charge in [-0.2, -0.15) is 0 Å². The van der Waals surface area contributed by atoms with E-state index in [1.807, 2.05) is 44.2 Å². The van der Waals surface area contributed by atoms with E-state index in [2.05, 4.69) is 5.32 Å². The van der Waals surface area contributed by atoms with Gasteiger partial charge in [0.2, 0.25) is 11.8 Å². The quantitative estimate of drug-likeness (QED) is 0.303. The summed E-state index contributed by atoms with van der Waals surface area (Å²) in [6.45, 7) is 5.57. The molecular formula is C29H33Cl2N3O4S. The van der Waals surface area contributed by atoms with Crippen molar-refractivity contribution in [2.24, 2.45) is 0 Å². The van der Waals surface area contributed by atoms with E-state index in [4.69, 9.17) is 23.2 Å². The molecule has 3 aromatic carbocycles. The lowest BCUT2D eigenvalue weighted by atomic mass is 10.1. The Balaban J connectivity index is 2.04. The standard InChI is InChI=1S/C29H33Cl2N3O4S/c1-4-27(29(36)32-5-2)33(16-15-22-9-7-6-8-10-22)28(35)20-34(25-18-23(30)17-24(31)19-25)39(37,38)26-13-11-21(3)12-14-26/h6-14,17-19,27H,4-5,15-16,20H2,1-3H3,(H,32,36). The van der Waals surface area contributed by atoms with Gasteiger partial charge in [-0.1, -0.05) is 78.2 Å². The van der Waals surface area contributed by atoms with Crippen molar-refractivity contribution in [1.82, 2.24) is 10.2 Å². The van der Waals surface area contributed by atoms with Crippen LogP contribution in [-0.2, 0) is 26.0 Å². The molecule has 0 fully saturated rings. The summed E-state index contributed by atoms with van der Waals surface area (Å²) in [5.74, 6) is -0.809. The first-order valence-electron chi connectivity index (χ1n) is 12.7. The predicted molar refractivity (Wildman–Crippen MR) is 157 cm³/mol. The van der Waals surface area contributed by atoms with E-state index < -0.39 is 28.5 Å². The average Bonchev–Trinajstić information content (AvgIpc) is 2.89. The van der Waals surface area contributed by atoms with Gasteiger partial charge in [0.15, 0.2) is 0 Å². The summed E-state index contributed by atoms with van der Waals surface area (Å²) in [6.07, 6.45) is 0.857. The van der Waals surface area contributed by atoms with Crippen LogP contribution in [0.15, 0.2) is 77.7 Å². The highest BCUT2D eigenvalue weighted by Crippen LogP contribution is 2.30. The molecule has 0 aromatic heterocycles. The molecule has 2 amide bonds. The van der Waals surface area contributed by atoms with E-state index in [1.54, 1.807) is 19.1 Å². The summed E-state index contributed by atoms with van der Waals surface area (Å²) in [4.78, 5) is 28.4. The maximum absolute atomic E-state index is 13.9. The van der Waals surface area contributed by atoms with Gasteiger partial charge in [-0.3, -0.25) is 13.9 Å². The Morgan fingerprint density at radius 1 is 0.923 bits per heavy atom. The fraction of sp³-hybridized carbons (Fsp3) is 0.310. The predicted octanol–water partition coefficient (Wildman–Crippen LogP) is 5.48. The Labute approximate surface area is 240 Å². The van der Waals surface area contributed by atoms with Crippen molar-refractivity contribution < 1.29 is 18.0 Å². The van der Waals surface area contributed by atoms with Crippen LogP contribution in [-0.4, -0.2) is 50.8 Å². The number of nitrogens with zero attached hydrogens (tertiary/aromatic N) is 2. The summed E-state index contributed by atoms with van der Waals surface area (Å²) in [5, 5.41) is 3.24. The maximum Gasteiger partial charge on any atom is 0.264 e. The number of likely N-dealkylation sites (N-methyl/N-ethyl adjacent to an activating group) is 1. The number of hydrogen-bond donors (Lipinski definition) is 1. The molecular weight excluding hydrogens is 557 g/mol. The second-order valence-corrected chi connectivity index (χ2v) is 11.8. The Bertz CT molecular complexity index is 1360. The van der Waals surface area contributed by atoms with Crippen molar-refractivity contribution in [2.75, 3.05) is 23.9 Å². The monoisotopic (exact) mass is 589 g/mol. The van der Waals surface area contributed by atoms with Gasteiger partial charge in [0.05, 0.1) is 10.6 Å². The van der Waals surface area contributed by atoms with Crippen molar-refractivity contribution in [3.8, 4) is 0 Å². The second kappa shape index (κ2) is 13.8. The van der Waals surface area contributed by atoms with E-state index in [1.165, 1.54) is 35.2 Å². The lowest BCUT2D eigenvalue weighted by Gasteiger charge is -2.33. The van der Waals surface area contributed by atoms with Crippen LogP contribution in [0, 0.1) is 6.92 Å². The molecule has 0 bridgehead atoms. The van der Waals surface area contributed by atoms with Crippen molar-refractivity contribution in [1.29, 1.82) is 0 Å². The van der Waals surface area contributed by atoms with Gasteiger partial charge in [0.1, 0.15) is 12.6 Å². The van der Waals surface area contributed by atoms with Gasteiger partial charge in [-0.25, -0.2) is 8.42 Å². The first kappa shape index (κ1) is 30.5. The van der Waals surface area contributed by atoms with Gasteiger partial charge < -0.3 is 10.2 Å². The molecule has 3 rings (SSSR count). The van der Waals surface area contributed by atoms with Crippen molar-refractivity contribution in [3.63, 3.8) is 0 Å². The summed E-state index contributed by atoms with van der Waals surface area (Å²) >= 11 is 12.4. The third-order valence-electron chi connectivity index (χ3n) is 6.24. The lowest BCUT2D eigenvalue weighted by molar-refractivity contribution is -0.139. The highest BCUT2D eigenvalue weighted by atomic mass is 35.5. The van der Waals surface area contributed by atoms with E-state index in [9.17, 15) is 18.0 Å². The normalized spacial score (nSPS) is 12.0. The summed E-state index contributed by atoms with van der Waals surface area (Å²) in [6, 6.07) is 19.6. The molecule has 0 radical (unpaired) electrons. The first-order chi connectivity index (χ1) is 18.6. The highest BCUT2D eigenvalue weighted by Gasteiger charge is 2.33. The van der Waals surface area contributed by atoms with Gasteiger partial charge in [0.25, 0.3) is 10.0 Å². The van der Waals surface area contributed by atoms with Gasteiger partial charge in [-0.15, -0.1) is 0 Å². The number of benzene rings is 3. The number of hydrogen-bond acceptors (Lipinski definition) is 4. The van der Waals surface area contributed by atoms with Crippen LogP contribution in [0.2, 0.25) is 10.0 Å². The van der Waals surface area contributed by atoms with Crippen LogP contribution >= 0.6 is 23.2 Å². The molecule has 0 aliphatic heterocycles. The maximum atomic E-state index is 13.9. The lowest BCUT2D eigenvalue weighted by Crippen LogP contribution is -2.53. The second-order valence-electron chi connectivity index (χ2n) is 9.09. The van der Waals surface area contributed by atoms with E-state index in [-0.39, 0.29) is 33.1 Å². The fourth-order valence-corrected chi connectivity index (χ4v) is 6.15. The largest absolute Gasteiger partial charge is 0.355 e. The van der Waals surface area contributed by atoms with Crippen molar-refractivity contribution in [3.05, 3.63) is 94.0 Å². The molecule has 1 unspecified atom stereocenters. The molecule has 0 saturated carbocycles. The minimum Gasteiger partial charge on any atom is -0.355 e. The minimum atomic E-state index is -4.19. The zero-order chi connectivity index (χ0) is 28.6. The molecule has 3 aromatic rings. The van der Waals surface area contributed by atoms with Crippen LogP contribution in [0.1, 0.15) is 31.4 Å². The first-order valence-corrected chi connectivity index (χ1v) is 14.9. The van der Waals surface area contributed by atoms with Gasteiger partial charge in [-0.05, 0) is 62.6 Å². The number of aryl methyl sites for hydroxylation is 1. The van der Waals surface area contributed by atoms with E-state index in [0.717, 1.165) is 15.4 Å². The topological polar surface area (TPSA) is 86.8 Å². The van der Waals surface area contributed by atoms with Crippen LogP contribution in [0.5, 0.6) is 0 Å². The molecule has 0 saturated heterocycles. The molecule has 1 atom stereocenters. The fourth-order valence-electron chi connectivity index (χ4n) is 4.24. The Morgan fingerprint density at radius 3 is 2.10 bits per heavy atom. The van der Waals surface area contributed by atoms with Crippen LogP contribution in [0.4, 0.5) is 5.69 Å². The zero-order valence-electron chi connectivity index (χ0n) is 22.2. The zero-order valence-corrected chi connectivity index (χ0v) is 24.6. The molecule has 1 N–H and O–H groups in total. The van der Waals surface area contributed by atoms with Crippen LogP contribution < -0.4 is 9.62 Å². The minimum absolute atomic E-state index is 0.0172. The summed E-state index contributed by atoms with van der Waals surface area (Å²) in [7, 11) is -4.19. The highest BCUT2D eigenvalue weighted by molar-refractivity contribution is 7.92. The number of halogens is 2. The molecule has 7 nitrogen and oxygen atoms in total. The third-order valence-corrected chi connectivity index (χ3v) is 8.47. The van der Waals surface area contributed by atoms with E-state index in [0.29, 0.717) is 19.4 Å². The average molecular weight is 591 g/mol. The molecule has 0 aliphatic rings. The van der Waals surface area contributed by atoms with Crippen LogP contribution in [0.3, 0.4) is 0 Å². The molecule has 10 heteroatoms. The summed E-state index contributed by atoms with van der Waals surface area (Å²) < 4.78 is 28.7. The van der Waals surface area contributed by atoms with Crippen LogP contribution in [0.25, 0.3) is 0 Å². The third kappa shape index (κ3) is 7.97. The Morgan fingerprint density at radius 2 is 1.54 bits per heavy atom. The molecule has 0 aliphatic carbocycles. The van der Waals surface area contributed by atoms with E-state index >= 15 is 0 Å². The number of carbonyl (C=O) groups excluding carboxylic acids is 2. The molecule has 39 heavy (non-hydrogen) atoms. The number of carbonyl (C=O) groups is 2. The Hall–Kier alpha value is -3.07. The van der Waals surface area contributed by atoms with Crippen molar-refractivity contribution in [2.45, 2.75) is 44.6 Å². The number of rotatable bonds is 12. The molecule has 0 spiro atoms. The van der Waals surface area contributed by atoms with Gasteiger partial charge in [0, 0.05) is 23.1 Å². The summed E-state index contributed by atoms with van der Waals surface area (Å²) in [5.41, 5.74) is 2.03. The van der Waals surface area contributed by atoms with Gasteiger partial charge >= 0.3 is 0 Å². The number of nitrogens with one attached hydrogen (secondary N) is 1. The SMILES string of the molecule is CCNC(=O)C(CC)N(CCc1ccccc1)C(=O)CN(c1cc(Cl)cc(Cl)c1)S(=O)(=O)c1ccc(C)cc1. The number of amides is 2. The molecule has 208 valence electrons. The number of sulfonamides is 1. The Kier molecular flexibility index (Phi) is 10.8.